The van der Waals surface area contributed by atoms with Crippen molar-refractivity contribution in [3.05, 3.63) is 60.8 Å². The van der Waals surface area contributed by atoms with E-state index in [1.165, 1.54) is 18.5 Å². The summed E-state index contributed by atoms with van der Waals surface area (Å²) < 4.78 is 29.4. The number of carbonyl (C=O) groups excluding carboxylic acids is 1. The van der Waals surface area contributed by atoms with Crippen molar-refractivity contribution in [2.45, 2.75) is 17.4 Å². The minimum atomic E-state index is -3.96. The Hall–Kier alpha value is -4.12. The first-order valence-electron chi connectivity index (χ1n) is 10.7. The Bertz CT molecular complexity index is 1490. The Labute approximate surface area is 201 Å². The van der Waals surface area contributed by atoms with Crippen molar-refractivity contribution in [3.8, 4) is 17.3 Å². The predicted molar refractivity (Wildman–Crippen MR) is 127 cm³/mol. The Kier molecular flexibility index (Phi) is 7.16. The van der Waals surface area contributed by atoms with Gasteiger partial charge in [0.15, 0.2) is 0 Å². The fraction of sp³-hybridized carbons (Fsp3) is 0.227. The number of H-pyrrole nitrogens is 1. The number of sulfonamides is 1. The van der Waals surface area contributed by atoms with E-state index >= 15 is 0 Å². The number of nitrogens with two attached hydrogens (primary N) is 1. The summed E-state index contributed by atoms with van der Waals surface area (Å²) in [6.45, 7) is 0.0921. The number of hydrogen-bond donors (Lipinski definition) is 4. The molecule has 1 amide bonds. The molecule has 0 bridgehead atoms. The summed E-state index contributed by atoms with van der Waals surface area (Å²) >= 11 is 0. The van der Waals surface area contributed by atoms with Gasteiger partial charge in [-0.1, -0.05) is 12.1 Å². The largest absolute Gasteiger partial charge is 0.354 e. The summed E-state index contributed by atoms with van der Waals surface area (Å²) in [5.41, 5.74) is 8.02. The van der Waals surface area contributed by atoms with Crippen LogP contribution in [0, 0.1) is 11.3 Å². The molecule has 12 nitrogen and oxygen atoms in total. The zero-order valence-corrected chi connectivity index (χ0v) is 19.4. The fourth-order valence-corrected chi connectivity index (χ4v) is 4.63. The molecule has 1 atom stereocenters. The monoisotopic (exact) mass is 493 g/mol. The molecular weight excluding hydrogens is 470 g/mol. The summed E-state index contributed by atoms with van der Waals surface area (Å²) in [5, 5.41) is 17.2. The first kappa shape index (κ1) is 24.0. The zero-order chi connectivity index (χ0) is 24.8. The molecule has 0 aliphatic carbocycles. The number of nitrogens with zero attached hydrogens (tertiary/aromatic N) is 5. The van der Waals surface area contributed by atoms with E-state index in [4.69, 9.17) is 5.73 Å². The van der Waals surface area contributed by atoms with Gasteiger partial charge in [-0.05, 0) is 23.8 Å². The van der Waals surface area contributed by atoms with Crippen molar-refractivity contribution in [1.82, 2.24) is 34.8 Å². The van der Waals surface area contributed by atoms with Crippen molar-refractivity contribution in [2.75, 3.05) is 19.6 Å². The lowest BCUT2D eigenvalue weighted by Crippen LogP contribution is -2.38. The molecule has 0 aliphatic heterocycles. The highest BCUT2D eigenvalue weighted by molar-refractivity contribution is 7.89. The molecule has 0 fully saturated rings. The average molecular weight is 494 g/mol. The van der Waals surface area contributed by atoms with Crippen LogP contribution in [-0.2, 0) is 14.8 Å². The standard InChI is InChI=1S/C22H23N9O3S/c23-6-4-19(31-13-16(11-29-31)21-18-5-8-26-22(18)28-14-27-21)15-2-1-3-17(10-15)35(33,34)30-12-20(32)25-9-7-24/h1-3,5,8,10-11,13-14,19,30H,4,7,9,12,24H2,(H,25,32)(H,26,27,28). The molecule has 35 heavy (non-hydrogen) atoms. The van der Waals surface area contributed by atoms with Gasteiger partial charge in [0, 0.05) is 36.4 Å². The van der Waals surface area contributed by atoms with E-state index in [-0.39, 0.29) is 24.4 Å². The average Bonchev–Trinajstić information content (AvgIpc) is 3.55. The second-order valence-corrected chi connectivity index (χ2v) is 9.35. The van der Waals surface area contributed by atoms with Crippen LogP contribution in [-0.4, -0.2) is 58.7 Å². The lowest BCUT2D eigenvalue weighted by atomic mass is 10.0. The summed E-state index contributed by atoms with van der Waals surface area (Å²) in [6, 6.07) is 9.67. The third-order valence-corrected chi connectivity index (χ3v) is 6.67. The predicted octanol–water partition coefficient (Wildman–Crippen LogP) is 0.678. The third kappa shape index (κ3) is 5.35. The Balaban J connectivity index is 1.60. The number of fused-ring (bicyclic) bond motifs is 1. The molecule has 0 saturated heterocycles. The van der Waals surface area contributed by atoms with E-state index in [1.54, 1.807) is 35.4 Å². The molecule has 0 aliphatic rings. The van der Waals surface area contributed by atoms with Crippen LogP contribution in [0.3, 0.4) is 0 Å². The lowest BCUT2D eigenvalue weighted by molar-refractivity contribution is -0.119. The first-order valence-corrected chi connectivity index (χ1v) is 12.2. The molecule has 4 rings (SSSR count). The van der Waals surface area contributed by atoms with Gasteiger partial charge in [-0.25, -0.2) is 23.1 Å². The number of aromatic nitrogens is 5. The van der Waals surface area contributed by atoms with Gasteiger partial charge in [-0.3, -0.25) is 9.48 Å². The number of carbonyl (C=O) groups is 1. The van der Waals surface area contributed by atoms with Crippen LogP contribution in [0.2, 0.25) is 0 Å². The topological polar surface area (TPSA) is 184 Å². The van der Waals surface area contributed by atoms with Crippen LogP contribution >= 0.6 is 0 Å². The smallest absolute Gasteiger partial charge is 0.241 e. The van der Waals surface area contributed by atoms with E-state index in [1.807, 2.05) is 6.07 Å². The lowest BCUT2D eigenvalue weighted by Gasteiger charge is -2.16. The van der Waals surface area contributed by atoms with Gasteiger partial charge >= 0.3 is 0 Å². The maximum atomic E-state index is 12.7. The SMILES string of the molecule is N#CCC(c1cccc(S(=O)(=O)NCC(=O)NCCN)c1)n1cc(-c2ncnc3[nH]ccc23)cn1. The van der Waals surface area contributed by atoms with E-state index in [0.29, 0.717) is 16.9 Å². The van der Waals surface area contributed by atoms with Crippen LogP contribution < -0.4 is 15.8 Å². The Morgan fingerprint density at radius 1 is 1.29 bits per heavy atom. The number of benzene rings is 1. The molecule has 0 spiro atoms. The van der Waals surface area contributed by atoms with Crippen LogP contribution in [0.25, 0.3) is 22.3 Å². The summed E-state index contributed by atoms with van der Waals surface area (Å²) in [7, 11) is -3.96. The number of amides is 1. The minimum absolute atomic E-state index is 0.0261. The second-order valence-electron chi connectivity index (χ2n) is 7.58. The second kappa shape index (κ2) is 10.4. The summed E-state index contributed by atoms with van der Waals surface area (Å²) in [5.74, 6) is -0.483. The van der Waals surface area contributed by atoms with Gasteiger partial charge in [0.2, 0.25) is 15.9 Å². The third-order valence-electron chi connectivity index (χ3n) is 5.28. The van der Waals surface area contributed by atoms with Gasteiger partial charge in [0.1, 0.15) is 12.0 Å². The van der Waals surface area contributed by atoms with E-state index < -0.39 is 28.5 Å². The highest BCUT2D eigenvalue weighted by Gasteiger charge is 2.21. The number of nitriles is 1. The molecule has 1 unspecified atom stereocenters. The van der Waals surface area contributed by atoms with Gasteiger partial charge in [0.05, 0.1) is 41.9 Å². The number of aromatic amines is 1. The molecule has 0 radical (unpaired) electrons. The van der Waals surface area contributed by atoms with Crippen LogP contribution in [0.1, 0.15) is 18.0 Å². The number of nitrogens with one attached hydrogen (secondary N) is 3. The highest BCUT2D eigenvalue weighted by Crippen LogP contribution is 2.28. The van der Waals surface area contributed by atoms with Crippen LogP contribution in [0.15, 0.2) is 60.1 Å². The van der Waals surface area contributed by atoms with Gasteiger partial charge in [-0.2, -0.15) is 10.4 Å². The molecule has 1 aromatic carbocycles. The molecule has 13 heteroatoms. The fourth-order valence-electron chi connectivity index (χ4n) is 3.59. The van der Waals surface area contributed by atoms with Crippen molar-refractivity contribution in [3.63, 3.8) is 0 Å². The van der Waals surface area contributed by atoms with Gasteiger partial charge in [0.25, 0.3) is 0 Å². The zero-order valence-electron chi connectivity index (χ0n) is 18.5. The number of rotatable bonds is 10. The van der Waals surface area contributed by atoms with Crippen molar-refractivity contribution < 1.29 is 13.2 Å². The normalized spacial score (nSPS) is 12.3. The van der Waals surface area contributed by atoms with E-state index in [2.05, 4.69) is 36.2 Å². The van der Waals surface area contributed by atoms with Crippen molar-refractivity contribution in [1.29, 1.82) is 5.26 Å². The van der Waals surface area contributed by atoms with Crippen LogP contribution in [0.5, 0.6) is 0 Å². The summed E-state index contributed by atoms with van der Waals surface area (Å²) in [6.07, 6.45) is 6.69. The van der Waals surface area contributed by atoms with Crippen LogP contribution in [0.4, 0.5) is 0 Å². The molecular formula is C22H23N9O3S. The molecule has 5 N–H and O–H groups in total. The Morgan fingerprint density at radius 3 is 2.94 bits per heavy atom. The maximum Gasteiger partial charge on any atom is 0.241 e. The molecule has 0 saturated carbocycles. The first-order chi connectivity index (χ1) is 16.9. The molecule has 3 aromatic heterocycles. The molecule has 180 valence electrons. The minimum Gasteiger partial charge on any atom is -0.354 e. The quantitative estimate of drug-likeness (QED) is 0.248. The number of hydrogen-bond acceptors (Lipinski definition) is 8. The van der Waals surface area contributed by atoms with Crippen molar-refractivity contribution >= 4 is 27.0 Å². The van der Waals surface area contributed by atoms with Gasteiger partial charge < -0.3 is 16.0 Å². The van der Waals surface area contributed by atoms with Gasteiger partial charge in [-0.15, -0.1) is 0 Å². The highest BCUT2D eigenvalue weighted by atomic mass is 32.2. The Morgan fingerprint density at radius 2 is 2.14 bits per heavy atom. The molecule has 3 heterocycles. The maximum absolute atomic E-state index is 12.7. The molecule has 4 aromatic rings. The van der Waals surface area contributed by atoms with Crippen molar-refractivity contribution in [2.24, 2.45) is 5.73 Å². The summed E-state index contributed by atoms with van der Waals surface area (Å²) in [4.78, 5) is 23.3. The van der Waals surface area contributed by atoms with E-state index in [9.17, 15) is 18.5 Å². The van der Waals surface area contributed by atoms with E-state index in [0.717, 1.165) is 10.9 Å².